The lowest BCUT2D eigenvalue weighted by Crippen LogP contribution is -2.17. The Labute approximate surface area is 114 Å². The molecule has 0 aliphatic heterocycles. The predicted octanol–water partition coefficient (Wildman–Crippen LogP) is 1.94. The Kier molecular flexibility index (Phi) is 5.82. The van der Waals surface area contributed by atoms with E-state index < -0.39 is 16.0 Å². The molecule has 106 valence electrons. The Balaban J connectivity index is 2.51. The van der Waals surface area contributed by atoms with Crippen LogP contribution in [0, 0.1) is 0 Å². The molecule has 0 amide bonds. The summed E-state index contributed by atoms with van der Waals surface area (Å²) in [6.07, 6.45) is 1.26. The van der Waals surface area contributed by atoms with Gasteiger partial charge < -0.3 is 4.74 Å². The summed E-state index contributed by atoms with van der Waals surface area (Å²) < 4.78 is 30.5. The predicted molar refractivity (Wildman–Crippen MR) is 74.5 cm³/mol. The molecule has 1 aromatic carbocycles. The molecule has 0 aliphatic rings. The third-order valence-electron chi connectivity index (χ3n) is 2.66. The van der Waals surface area contributed by atoms with Crippen LogP contribution in [0.1, 0.15) is 25.3 Å². The second-order valence-corrected chi connectivity index (χ2v) is 5.99. The molecule has 0 fully saturated rings. The highest BCUT2D eigenvalue weighted by Gasteiger charge is 2.11. The van der Waals surface area contributed by atoms with Gasteiger partial charge in [0.15, 0.2) is 0 Å². The summed E-state index contributed by atoms with van der Waals surface area (Å²) in [7, 11) is -2.13. The summed E-state index contributed by atoms with van der Waals surface area (Å²) in [5, 5.41) is 0. The van der Waals surface area contributed by atoms with Crippen molar-refractivity contribution < 1.29 is 17.9 Å². The second-order valence-electron chi connectivity index (χ2n) is 4.15. The van der Waals surface area contributed by atoms with E-state index >= 15 is 0 Å². The van der Waals surface area contributed by atoms with Gasteiger partial charge in [-0.05, 0) is 30.5 Å². The first-order valence-corrected chi connectivity index (χ1v) is 7.78. The fourth-order valence-electron chi connectivity index (χ4n) is 1.55. The van der Waals surface area contributed by atoms with E-state index in [1.807, 2.05) is 19.1 Å². The Bertz CT molecular complexity index is 508. The summed E-state index contributed by atoms with van der Waals surface area (Å²) >= 11 is 0. The van der Waals surface area contributed by atoms with Gasteiger partial charge in [0.25, 0.3) is 0 Å². The molecule has 1 N–H and O–H groups in total. The Morgan fingerprint density at radius 1 is 1.26 bits per heavy atom. The average Bonchev–Trinajstić information content (AvgIpc) is 2.38. The molecule has 5 nitrogen and oxygen atoms in total. The lowest BCUT2D eigenvalue weighted by atomic mass is 10.2. The number of esters is 1. The van der Waals surface area contributed by atoms with Crippen LogP contribution in [0.3, 0.4) is 0 Å². The first-order chi connectivity index (χ1) is 8.96. The largest absolute Gasteiger partial charge is 0.469 e. The van der Waals surface area contributed by atoms with Gasteiger partial charge in [-0.15, -0.1) is 0 Å². The number of rotatable bonds is 7. The van der Waals surface area contributed by atoms with Gasteiger partial charge in [-0.3, -0.25) is 9.52 Å². The molecule has 0 atom stereocenters. The van der Waals surface area contributed by atoms with Crippen LogP contribution in [-0.2, 0) is 26.0 Å². The minimum Gasteiger partial charge on any atom is -0.469 e. The number of sulfonamides is 1. The van der Waals surface area contributed by atoms with Crippen molar-refractivity contribution in [2.75, 3.05) is 17.6 Å². The molecule has 0 saturated carbocycles. The maximum atomic E-state index is 11.8. The van der Waals surface area contributed by atoms with Crippen LogP contribution in [0.5, 0.6) is 0 Å². The van der Waals surface area contributed by atoms with E-state index in [0.717, 1.165) is 12.0 Å². The number of aryl methyl sites for hydroxylation is 1. The number of methoxy groups -OCH3 is 1. The van der Waals surface area contributed by atoms with Crippen molar-refractivity contribution in [1.82, 2.24) is 0 Å². The minimum atomic E-state index is -3.42. The molecule has 6 heteroatoms. The van der Waals surface area contributed by atoms with E-state index in [2.05, 4.69) is 9.46 Å². The van der Waals surface area contributed by atoms with Crippen molar-refractivity contribution >= 4 is 21.7 Å². The highest BCUT2D eigenvalue weighted by atomic mass is 32.2. The van der Waals surface area contributed by atoms with Crippen molar-refractivity contribution in [2.24, 2.45) is 0 Å². The highest BCUT2D eigenvalue weighted by molar-refractivity contribution is 7.92. The number of carbonyl (C=O) groups is 1. The van der Waals surface area contributed by atoms with E-state index in [0.29, 0.717) is 5.69 Å². The molecule has 0 bridgehead atoms. The topological polar surface area (TPSA) is 72.5 Å². The van der Waals surface area contributed by atoms with Gasteiger partial charge in [-0.1, -0.05) is 19.1 Å². The third kappa shape index (κ3) is 5.74. The number of ether oxygens (including phenoxy) is 1. The maximum absolute atomic E-state index is 11.8. The second kappa shape index (κ2) is 7.13. The molecule has 1 rings (SSSR count). The molecule has 0 aliphatic carbocycles. The fraction of sp³-hybridized carbons (Fsp3) is 0.462. The van der Waals surface area contributed by atoms with Gasteiger partial charge >= 0.3 is 5.97 Å². The zero-order valence-electron chi connectivity index (χ0n) is 11.2. The monoisotopic (exact) mass is 285 g/mol. The lowest BCUT2D eigenvalue weighted by Gasteiger charge is -2.08. The van der Waals surface area contributed by atoms with E-state index in [1.165, 1.54) is 7.11 Å². The van der Waals surface area contributed by atoms with E-state index in [4.69, 9.17) is 0 Å². The van der Waals surface area contributed by atoms with Gasteiger partial charge in [0.2, 0.25) is 10.0 Å². The normalized spacial score (nSPS) is 11.1. The number of carbonyl (C=O) groups excluding carboxylic acids is 1. The number of benzene rings is 1. The first-order valence-electron chi connectivity index (χ1n) is 6.13. The molecule has 0 radical (unpaired) electrons. The van der Waals surface area contributed by atoms with Gasteiger partial charge in [0, 0.05) is 12.1 Å². The van der Waals surface area contributed by atoms with Crippen LogP contribution >= 0.6 is 0 Å². The molecule has 19 heavy (non-hydrogen) atoms. The van der Waals surface area contributed by atoms with Crippen molar-refractivity contribution in [3.63, 3.8) is 0 Å². The van der Waals surface area contributed by atoms with Crippen LogP contribution in [0.25, 0.3) is 0 Å². The Morgan fingerprint density at radius 2 is 1.89 bits per heavy atom. The van der Waals surface area contributed by atoms with Crippen LogP contribution in [0.15, 0.2) is 24.3 Å². The van der Waals surface area contributed by atoms with Gasteiger partial charge in [-0.25, -0.2) is 8.42 Å². The van der Waals surface area contributed by atoms with Crippen LogP contribution < -0.4 is 4.72 Å². The molecule has 0 spiro atoms. The average molecular weight is 285 g/mol. The van der Waals surface area contributed by atoms with Crippen molar-refractivity contribution in [2.45, 2.75) is 26.2 Å². The SMILES string of the molecule is CCc1ccc(NS(=O)(=O)CCCC(=O)OC)cc1. The van der Waals surface area contributed by atoms with Crippen molar-refractivity contribution in [3.05, 3.63) is 29.8 Å². The summed E-state index contributed by atoms with van der Waals surface area (Å²) in [4.78, 5) is 10.9. The number of hydrogen-bond donors (Lipinski definition) is 1. The number of anilines is 1. The molecular formula is C13H19NO4S. The summed E-state index contributed by atoms with van der Waals surface area (Å²) in [6.45, 7) is 2.03. The van der Waals surface area contributed by atoms with Crippen molar-refractivity contribution in [1.29, 1.82) is 0 Å². The lowest BCUT2D eigenvalue weighted by molar-refractivity contribution is -0.140. The van der Waals surface area contributed by atoms with Gasteiger partial charge in [-0.2, -0.15) is 0 Å². The van der Waals surface area contributed by atoms with Gasteiger partial charge in [0.05, 0.1) is 12.9 Å². The Hall–Kier alpha value is -1.56. The number of hydrogen-bond acceptors (Lipinski definition) is 4. The Morgan fingerprint density at radius 3 is 2.42 bits per heavy atom. The fourth-order valence-corrected chi connectivity index (χ4v) is 2.67. The van der Waals surface area contributed by atoms with Crippen LogP contribution in [-0.4, -0.2) is 27.2 Å². The summed E-state index contributed by atoms with van der Waals surface area (Å²) in [6, 6.07) is 7.23. The standard InChI is InChI=1S/C13H19NO4S/c1-3-11-6-8-12(9-7-11)14-19(16,17)10-4-5-13(15)18-2/h6-9,14H,3-5,10H2,1-2H3. The molecular weight excluding hydrogens is 266 g/mol. The zero-order valence-corrected chi connectivity index (χ0v) is 12.0. The number of nitrogens with one attached hydrogen (secondary N) is 1. The summed E-state index contributed by atoms with van der Waals surface area (Å²) in [5.74, 6) is -0.500. The first kappa shape index (κ1) is 15.5. The van der Waals surface area contributed by atoms with Crippen molar-refractivity contribution in [3.8, 4) is 0 Å². The summed E-state index contributed by atoms with van der Waals surface area (Å²) in [5.41, 5.74) is 1.68. The molecule has 0 aromatic heterocycles. The van der Waals surface area contributed by atoms with Gasteiger partial charge in [0.1, 0.15) is 0 Å². The van der Waals surface area contributed by atoms with E-state index in [-0.39, 0.29) is 18.6 Å². The quantitative estimate of drug-likeness (QED) is 0.777. The molecule has 0 unspecified atom stereocenters. The van der Waals surface area contributed by atoms with Crippen LogP contribution in [0.2, 0.25) is 0 Å². The maximum Gasteiger partial charge on any atom is 0.305 e. The minimum absolute atomic E-state index is 0.0996. The zero-order chi connectivity index (χ0) is 14.3. The molecule has 0 saturated heterocycles. The highest BCUT2D eigenvalue weighted by Crippen LogP contribution is 2.12. The van der Waals surface area contributed by atoms with E-state index in [9.17, 15) is 13.2 Å². The molecule has 1 aromatic rings. The van der Waals surface area contributed by atoms with E-state index in [1.54, 1.807) is 12.1 Å². The molecule has 0 heterocycles. The smallest absolute Gasteiger partial charge is 0.305 e. The third-order valence-corrected chi connectivity index (χ3v) is 4.03. The van der Waals surface area contributed by atoms with Crippen LogP contribution in [0.4, 0.5) is 5.69 Å².